The molecule has 10 heteroatoms. The van der Waals surface area contributed by atoms with E-state index in [-0.39, 0.29) is 43.2 Å². The normalized spacial score (nSPS) is 14.8. The van der Waals surface area contributed by atoms with Gasteiger partial charge in [0.2, 0.25) is 11.8 Å². The number of amides is 3. The summed E-state index contributed by atoms with van der Waals surface area (Å²) in [5, 5.41) is 15.6. The third-order valence-electron chi connectivity index (χ3n) is 5.89. The van der Waals surface area contributed by atoms with E-state index in [0.717, 1.165) is 12.8 Å². The largest absolute Gasteiger partial charge is 0.508 e. The molecule has 1 aliphatic rings. The maximum Gasteiger partial charge on any atom is 0.408 e. The van der Waals surface area contributed by atoms with Gasteiger partial charge in [-0.25, -0.2) is 4.79 Å². The van der Waals surface area contributed by atoms with E-state index in [1.807, 2.05) is 13.8 Å². The van der Waals surface area contributed by atoms with Crippen molar-refractivity contribution in [2.75, 3.05) is 13.2 Å². The van der Waals surface area contributed by atoms with Crippen molar-refractivity contribution >= 4 is 23.9 Å². The number of nitrogens with zero attached hydrogens (tertiary/aromatic N) is 1. The summed E-state index contributed by atoms with van der Waals surface area (Å²) in [6, 6.07) is 2.66. The van der Waals surface area contributed by atoms with Gasteiger partial charge in [-0.1, -0.05) is 19.9 Å². The van der Waals surface area contributed by atoms with Crippen molar-refractivity contribution in [1.29, 1.82) is 0 Å². The average Bonchev–Trinajstić information content (AvgIpc) is 3.62. The summed E-state index contributed by atoms with van der Waals surface area (Å²) in [4.78, 5) is 53.6. The standard InChI is InChI=1S/C28H43N3O7/c1-8-37-23(33)13-14-29-25(34)24(19-9-12-22(32)18(4)16-19)31(20-10-11-20)26(35)21(15-17(2)3)30-27(36)38-28(5,6)7/h9,12,16-17,20-21,24,32H,8,10-11,13-15H2,1-7H3,(H,29,34)(H,30,36). The fourth-order valence-corrected chi connectivity index (χ4v) is 4.10. The number of phenolic OH excluding ortho intramolecular Hbond substituents is 1. The van der Waals surface area contributed by atoms with E-state index in [4.69, 9.17) is 9.47 Å². The monoisotopic (exact) mass is 533 g/mol. The summed E-state index contributed by atoms with van der Waals surface area (Å²) in [6.45, 7) is 12.8. The number of hydrogen-bond acceptors (Lipinski definition) is 7. The molecule has 1 saturated carbocycles. The molecule has 0 bridgehead atoms. The Hall–Kier alpha value is -3.30. The number of aryl methyl sites for hydroxylation is 1. The van der Waals surface area contributed by atoms with Gasteiger partial charge in [0.05, 0.1) is 13.0 Å². The predicted octanol–water partition coefficient (Wildman–Crippen LogP) is 3.74. The minimum atomic E-state index is -1.02. The highest BCUT2D eigenvalue weighted by Crippen LogP contribution is 2.37. The van der Waals surface area contributed by atoms with Crippen molar-refractivity contribution in [2.45, 2.75) is 97.9 Å². The van der Waals surface area contributed by atoms with Crippen molar-refractivity contribution in [3.05, 3.63) is 29.3 Å². The number of aromatic hydroxyl groups is 1. The zero-order valence-corrected chi connectivity index (χ0v) is 23.6. The fourth-order valence-electron chi connectivity index (χ4n) is 4.10. The first kappa shape index (κ1) is 30.9. The molecule has 1 aliphatic carbocycles. The molecule has 1 aromatic carbocycles. The smallest absolute Gasteiger partial charge is 0.408 e. The Morgan fingerprint density at radius 3 is 2.34 bits per heavy atom. The van der Waals surface area contributed by atoms with Gasteiger partial charge >= 0.3 is 12.1 Å². The SMILES string of the molecule is CCOC(=O)CCNC(=O)C(c1ccc(O)c(C)c1)N(C(=O)C(CC(C)C)NC(=O)OC(C)(C)C)C1CC1. The van der Waals surface area contributed by atoms with Gasteiger partial charge < -0.3 is 30.1 Å². The van der Waals surface area contributed by atoms with E-state index in [1.54, 1.807) is 46.8 Å². The quantitative estimate of drug-likeness (QED) is 0.348. The highest BCUT2D eigenvalue weighted by molar-refractivity contribution is 5.92. The van der Waals surface area contributed by atoms with Gasteiger partial charge in [-0.15, -0.1) is 0 Å². The number of carbonyl (C=O) groups is 4. The Morgan fingerprint density at radius 1 is 1.16 bits per heavy atom. The van der Waals surface area contributed by atoms with Gasteiger partial charge in [0, 0.05) is 12.6 Å². The average molecular weight is 534 g/mol. The van der Waals surface area contributed by atoms with Gasteiger partial charge in [0.15, 0.2) is 0 Å². The van der Waals surface area contributed by atoms with E-state index < -0.39 is 35.7 Å². The lowest BCUT2D eigenvalue weighted by molar-refractivity contribution is -0.145. The molecule has 3 N–H and O–H groups in total. The lowest BCUT2D eigenvalue weighted by atomic mass is 9.98. The van der Waals surface area contributed by atoms with Crippen molar-refractivity contribution in [2.24, 2.45) is 5.92 Å². The molecule has 0 radical (unpaired) electrons. The molecular formula is C28H43N3O7. The van der Waals surface area contributed by atoms with Crippen LogP contribution in [0.1, 0.15) is 84.4 Å². The molecule has 212 valence electrons. The van der Waals surface area contributed by atoms with Crippen LogP contribution >= 0.6 is 0 Å². The highest BCUT2D eigenvalue weighted by Gasteiger charge is 2.44. The van der Waals surface area contributed by atoms with Crippen molar-refractivity contribution in [3.8, 4) is 5.75 Å². The molecule has 10 nitrogen and oxygen atoms in total. The minimum absolute atomic E-state index is 0.00550. The molecule has 1 fully saturated rings. The van der Waals surface area contributed by atoms with Crippen molar-refractivity contribution < 1.29 is 33.8 Å². The zero-order valence-electron chi connectivity index (χ0n) is 23.6. The predicted molar refractivity (Wildman–Crippen MR) is 142 cm³/mol. The van der Waals surface area contributed by atoms with Gasteiger partial charge in [0.25, 0.3) is 0 Å². The van der Waals surface area contributed by atoms with Crippen LogP contribution in [0.3, 0.4) is 0 Å². The van der Waals surface area contributed by atoms with Gasteiger partial charge in [0.1, 0.15) is 23.4 Å². The van der Waals surface area contributed by atoms with E-state index >= 15 is 0 Å². The topological polar surface area (TPSA) is 134 Å². The van der Waals surface area contributed by atoms with Crippen LogP contribution in [-0.2, 0) is 23.9 Å². The molecule has 2 atom stereocenters. The fraction of sp³-hybridized carbons (Fsp3) is 0.643. The maximum atomic E-state index is 14.1. The molecule has 0 aliphatic heterocycles. The summed E-state index contributed by atoms with van der Waals surface area (Å²) < 4.78 is 10.3. The molecule has 38 heavy (non-hydrogen) atoms. The van der Waals surface area contributed by atoms with E-state index in [2.05, 4.69) is 10.6 Å². The molecule has 2 unspecified atom stereocenters. The molecule has 0 aromatic heterocycles. The van der Waals surface area contributed by atoms with E-state index in [9.17, 15) is 24.3 Å². The van der Waals surface area contributed by atoms with Crippen LogP contribution < -0.4 is 10.6 Å². The summed E-state index contributed by atoms with van der Waals surface area (Å²) in [6.07, 6.45) is 1.08. The molecule has 1 aromatic rings. The zero-order chi connectivity index (χ0) is 28.6. The molecule has 2 rings (SSSR count). The van der Waals surface area contributed by atoms with E-state index in [1.165, 1.54) is 11.0 Å². The first-order chi connectivity index (χ1) is 17.7. The van der Waals surface area contributed by atoms with E-state index in [0.29, 0.717) is 17.5 Å². The minimum Gasteiger partial charge on any atom is -0.508 e. The summed E-state index contributed by atoms with van der Waals surface area (Å²) in [5.74, 6) is -1.13. The third-order valence-corrected chi connectivity index (χ3v) is 5.89. The highest BCUT2D eigenvalue weighted by atomic mass is 16.6. The number of phenols is 1. The lowest BCUT2D eigenvalue weighted by Crippen LogP contribution is -2.54. The Morgan fingerprint density at radius 2 is 1.82 bits per heavy atom. The molecular weight excluding hydrogens is 490 g/mol. The third kappa shape index (κ3) is 9.54. The number of alkyl carbamates (subject to hydrolysis) is 1. The van der Waals surface area contributed by atoms with Gasteiger partial charge in [-0.3, -0.25) is 14.4 Å². The number of esters is 1. The van der Waals surface area contributed by atoms with Gasteiger partial charge in [-0.2, -0.15) is 0 Å². The van der Waals surface area contributed by atoms with Crippen LogP contribution in [0.15, 0.2) is 18.2 Å². The Balaban J connectivity index is 2.41. The van der Waals surface area contributed by atoms with Crippen LogP contribution in [0.5, 0.6) is 5.75 Å². The van der Waals surface area contributed by atoms with Crippen molar-refractivity contribution in [3.63, 3.8) is 0 Å². The second kappa shape index (κ2) is 13.5. The van der Waals surface area contributed by atoms with Crippen molar-refractivity contribution in [1.82, 2.24) is 15.5 Å². The Labute approximate surface area is 225 Å². The van der Waals surface area contributed by atoms with Crippen LogP contribution in [0.4, 0.5) is 4.79 Å². The molecule has 0 saturated heterocycles. The maximum absolute atomic E-state index is 14.1. The second-order valence-corrected chi connectivity index (χ2v) is 11.1. The first-order valence-electron chi connectivity index (χ1n) is 13.3. The lowest BCUT2D eigenvalue weighted by Gasteiger charge is -2.35. The Bertz CT molecular complexity index is 999. The first-order valence-corrected chi connectivity index (χ1v) is 13.3. The Kier molecular flexibility index (Phi) is 11.0. The number of carbonyl (C=O) groups excluding carboxylic acids is 4. The van der Waals surface area contributed by atoms with Crippen LogP contribution in [0, 0.1) is 12.8 Å². The number of rotatable bonds is 12. The second-order valence-electron chi connectivity index (χ2n) is 11.1. The summed E-state index contributed by atoms with van der Waals surface area (Å²) in [7, 11) is 0. The molecule has 3 amide bonds. The van der Waals surface area contributed by atoms with Gasteiger partial charge in [-0.05, 0) is 83.1 Å². The summed E-state index contributed by atoms with van der Waals surface area (Å²) >= 11 is 0. The number of benzene rings is 1. The molecule has 0 heterocycles. The molecule has 0 spiro atoms. The number of nitrogens with one attached hydrogen (secondary N) is 2. The number of hydrogen-bond donors (Lipinski definition) is 3. The van der Waals surface area contributed by atoms with Crippen LogP contribution in [0.25, 0.3) is 0 Å². The van der Waals surface area contributed by atoms with Crippen LogP contribution in [0.2, 0.25) is 0 Å². The number of ether oxygens (including phenoxy) is 2. The van der Waals surface area contributed by atoms with Crippen LogP contribution in [-0.4, -0.2) is 64.7 Å². The summed E-state index contributed by atoms with van der Waals surface area (Å²) in [5.41, 5.74) is 0.340.